The lowest BCUT2D eigenvalue weighted by Gasteiger charge is -2.27. The lowest BCUT2D eigenvalue weighted by atomic mass is 10.2. The molecule has 3 amide bonds. The molecule has 0 saturated carbocycles. The number of pyridine rings is 1. The van der Waals surface area contributed by atoms with Crippen molar-refractivity contribution in [3.05, 3.63) is 30.1 Å². The number of aromatic nitrogens is 1. The molecule has 1 rings (SSSR count). The summed E-state index contributed by atoms with van der Waals surface area (Å²) in [5.41, 5.74) is 5.76. The molecule has 0 saturated heterocycles. The number of methoxy groups -OCH3 is 1. The number of urea groups is 1. The molecular formula is C13H20N4O3. The highest BCUT2D eigenvalue weighted by Gasteiger charge is 2.22. The molecule has 0 radical (unpaired) electrons. The minimum Gasteiger partial charge on any atom is -0.382 e. The van der Waals surface area contributed by atoms with Crippen LogP contribution < -0.4 is 11.1 Å². The largest absolute Gasteiger partial charge is 0.382 e. The fourth-order valence-electron chi connectivity index (χ4n) is 1.69. The van der Waals surface area contributed by atoms with Gasteiger partial charge in [0.15, 0.2) is 0 Å². The van der Waals surface area contributed by atoms with Gasteiger partial charge in [0, 0.05) is 33.3 Å². The number of nitrogens with zero attached hydrogens (tertiary/aromatic N) is 2. The van der Waals surface area contributed by atoms with Gasteiger partial charge in [0.25, 0.3) is 0 Å². The molecule has 7 heteroatoms. The van der Waals surface area contributed by atoms with Gasteiger partial charge in [-0.15, -0.1) is 0 Å². The number of ether oxygens (including phenoxy) is 1. The summed E-state index contributed by atoms with van der Waals surface area (Å²) in [4.78, 5) is 28.4. The van der Waals surface area contributed by atoms with Gasteiger partial charge in [0.1, 0.15) is 0 Å². The van der Waals surface area contributed by atoms with E-state index >= 15 is 0 Å². The van der Waals surface area contributed by atoms with Gasteiger partial charge in [0.2, 0.25) is 5.91 Å². The normalized spacial score (nSPS) is 11.7. The summed E-state index contributed by atoms with van der Waals surface area (Å²) in [6, 6.07) is 4.88. The van der Waals surface area contributed by atoms with Gasteiger partial charge in [0.05, 0.1) is 18.3 Å². The van der Waals surface area contributed by atoms with Gasteiger partial charge in [-0.05, 0) is 12.1 Å². The molecule has 0 aliphatic rings. The van der Waals surface area contributed by atoms with Gasteiger partial charge < -0.3 is 20.7 Å². The molecule has 0 unspecified atom stereocenters. The third-order valence-electron chi connectivity index (χ3n) is 2.79. The van der Waals surface area contributed by atoms with E-state index in [9.17, 15) is 9.59 Å². The maximum atomic E-state index is 12.0. The Hall–Kier alpha value is -2.15. The van der Waals surface area contributed by atoms with E-state index < -0.39 is 5.91 Å². The average molecular weight is 280 g/mol. The first-order valence-electron chi connectivity index (χ1n) is 6.25. The summed E-state index contributed by atoms with van der Waals surface area (Å²) in [7, 11) is 3.22. The first-order chi connectivity index (χ1) is 9.56. The molecule has 7 nitrogen and oxygen atoms in total. The lowest BCUT2D eigenvalue weighted by molar-refractivity contribution is -0.117. The van der Waals surface area contributed by atoms with Crippen molar-refractivity contribution in [2.24, 2.45) is 5.73 Å². The van der Waals surface area contributed by atoms with Crippen molar-refractivity contribution in [2.75, 3.05) is 27.3 Å². The van der Waals surface area contributed by atoms with Crippen LogP contribution in [0.2, 0.25) is 0 Å². The Kier molecular flexibility index (Phi) is 6.45. The Balaban J connectivity index is 2.66. The summed E-state index contributed by atoms with van der Waals surface area (Å²) in [5.74, 6) is -0.453. The molecule has 0 spiro atoms. The van der Waals surface area contributed by atoms with Crippen molar-refractivity contribution in [3.63, 3.8) is 0 Å². The van der Waals surface area contributed by atoms with E-state index in [1.54, 1.807) is 26.4 Å². The second kappa shape index (κ2) is 8.11. The number of rotatable bonds is 7. The Morgan fingerprint density at radius 3 is 2.80 bits per heavy atom. The van der Waals surface area contributed by atoms with Gasteiger partial charge in [-0.2, -0.15) is 0 Å². The van der Waals surface area contributed by atoms with Crippen LogP contribution in [-0.2, 0) is 9.53 Å². The molecule has 20 heavy (non-hydrogen) atoms. The fraction of sp³-hybridized carbons (Fsp3) is 0.462. The molecular weight excluding hydrogens is 260 g/mol. The lowest BCUT2D eigenvalue weighted by Crippen LogP contribution is -2.42. The van der Waals surface area contributed by atoms with E-state index in [0.29, 0.717) is 6.61 Å². The number of amides is 3. The Morgan fingerprint density at radius 1 is 1.50 bits per heavy atom. The van der Waals surface area contributed by atoms with Crippen LogP contribution in [0, 0.1) is 0 Å². The van der Waals surface area contributed by atoms with Crippen LogP contribution in [0.25, 0.3) is 0 Å². The Bertz CT molecular complexity index is 439. The fourth-order valence-corrected chi connectivity index (χ4v) is 1.69. The summed E-state index contributed by atoms with van der Waals surface area (Å²) in [5, 5.41) is 2.63. The van der Waals surface area contributed by atoms with E-state index in [2.05, 4.69) is 10.3 Å². The van der Waals surface area contributed by atoms with E-state index in [1.165, 1.54) is 4.90 Å². The maximum Gasteiger partial charge on any atom is 0.317 e. The molecule has 1 heterocycles. The topological polar surface area (TPSA) is 97.6 Å². The number of primary amides is 1. The monoisotopic (exact) mass is 280 g/mol. The number of nitrogens with one attached hydrogen (secondary N) is 1. The number of carbonyl (C=O) groups is 2. The number of hydrogen-bond donors (Lipinski definition) is 2. The molecule has 110 valence electrons. The van der Waals surface area contributed by atoms with Crippen LogP contribution in [0.3, 0.4) is 0 Å². The quantitative estimate of drug-likeness (QED) is 0.750. The third kappa shape index (κ3) is 4.85. The molecule has 3 N–H and O–H groups in total. The summed E-state index contributed by atoms with van der Waals surface area (Å²) < 4.78 is 5.14. The third-order valence-corrected chi connectivity index (χ3v) is 2.79. The second-order valence-corrected chi connectivity index (χ2v) is 4.28. The zero-order chi connectivity index (χ0) is 15.0. The molecule has 0 fully saturated rings. The molecule has 0 bridgehead atoms. The van der Waals surface area contributed by atoms with Gasteiger partial charge in [-0.3, -0.25) is 9.78 Å². The van der Waals surface area contributed by atoms with Crippen LogP contribution in [0.5, 0.6) is 0 Å². The molecule has 0 aromatic carbocycles. The van der Waals surface area contributed by atoms with Crippen LogP contribution in [0.1, 0.15) is 18.2 Å². The second-order valence-electron chi connectivity index (χ2n) is 4.28. The standard InChI is InChI=1S/C13H20N4O3/c1-17(13(19)16-8-6-12(14)18)11(9-20-2)10-5-3-4-7-15-10/h3-5,7,11H,6,8-9H2,1-2H3,(H2,14,18)(H,16,19)/t11-/m1/s1. The zero-order valence-electron chi connectivity index (χ0n) is 11.7. The molecule has 1 aromatic heterocycles. The number of carbonyl (C=O) groups excluding carboxylic acids is 2. The van der Waals surface area contributed by atoms with Crippen molar-refractivity contribution in [2.45, 2.75) is 12.5 Å². The smallest absolute Gasteiger partial charge is 0.317 e. The first-order valence-corrected chi connectivity index (χ1v) is 6.25. The molecule has 0 aliphatic heterocycles. The zero-order valence-corrected chi connectivity index (χ0v) is 11.7. The van der Waals surface area contributed by atoms with Crippen molar-refractivity contribution in [1.29, 1.82) is 0 Å². The van der Waals surface area contributed by atoms with Crippen LogP contribution in [-0.4, -0.2) is 49.1 Å². The van der Waals surface area contributed by atoms with Crippen molar-refractivity contribution in [3.8, 4) is 0 Å². The summed E-state index contributed by atoms with van der Waals surface area (Å²) in [6.07, 6.45) is 1.77. The van der Waals surface area contributed by atoms with Crippen LogP contribution in [0.15, 0.2) is 24.4 Å². The number of hydrogen-bond acceptors (Lipinski definition) is 4. The van der Waals surface area contributed by atoms with Gasteiger partial charge in [-0.1, -0.05) is 6.07 Å². The maximum absolute atomic E-state index is 12.0. The van der Waals surface area contributed by atoms with Crippen LogP contribution in [0.4, 0.5) is 4.79 Å². The SMILES string of the molecule is COC[C@H](c1ccccn1)N(C)C(=O)NCCC(N)=O. The van der Waals surface area contributed by atoms with Gasteiger partial charge in [-0.25, -0.2) is 4.79 Å². The van der Waals surface area contributed by atoms with Crippen molar-refractivity contribution >= 4 is 11.9 Å². The highest BCUT2D eigenvalue weighted by molar-refractivity contribution is 5.77. The molecule has 1 atom stereocenters. The summed E-state index contributed by atoms with van der Waals surface area (Å²) in [6.45, 7) is 0.539. The van der Waals surface area contributed by atoms with E-state index in [0.717, 1.165) is 5.69 Å². The minimum absolute atomic E-state index is 0.109. The first kappa shape index (κ1) is 15.9. The highest BCUT2D eigenvalue weighted by Crippen LogP contribution is 2.17. The number of nitrogens with two attached hydrogens (primary N) is 1. The average Bonchev–Trinajstić information content (AvgIpc) is 2.44. The highest BCUT2D eigenvalue weighted by atomic mass is 16.5. The predicted octanol–water partition coefficient (Wildman–Crippen LogP) is 0.286. The Labute approximate surface area is 118 Å². The van der Waals surface area contributed by atoms with Crippen molar-refractivity contribution in [1.82, 2.24) is 15.2 Å². The van der Waals surface area contributed by atoms with Gasteiger partial charge >= 0.3 is 6.03 Å². The Morgan fingerprint density at radius 2 is 2.25 bits per heavy atom. The minimum atomic E-state index is -0.453. The van der Waals surface area contributed by atoms with Crippen LogP contribution >= 0.6 is 0 Å². The number of likely N-dealkylation sites (N-methyl/N-ethyl adjacent to an activating group) is 1. The molecule has 0 aliphatic carbocycles. The molecule has 1 aromatic rings. The predicted molar refractivity (Wildman–Crippen MR) is 73.8 cm³/mol. The van der Waals surface area contributed by atoms with Crippen molar-refractivity contribution < 1.29 is 14.3 Å². The van der Waals surface area contributed by atoms with E-state index in [1.807, 2.05) is 12.1 Å². The van der Waals surface area contributed by atoms with E-state index in [4.69, 9.17) is 10.5 Å². The summed E-state index contributed by atoms with van der Waals surface area (Å²) >= 11 is 0. The van der Waals surface area contributed by atoms with E-state index in [-0.39, 0.29) is 25.0 Å².